The molecule has 1 aliphatic heterocycles. The van der Waals surface area contributed by atoms with E-state index in [1.165, 1.54) is 24.7 Å². The zero-order valence-corrected chi connectivity index (χ0v) is 15.0. The maximum absolute atomic E-state index is 13.0. The van der Waals surface area contributed by atoms with Gasteiger partial charge in [0.25, 0.3) is 0 Å². The lowest BCUT2D eigenvalue weighted by molar-refractivity contribution is -0.120. The summed E-state index contributed by atoms with van der Waals surface area (Å²) in [6.45, 7) is 2.00. The van der Waals surface area contributed by atoms with Gasteiger partial charge in [0.15, 0.2) is 9.84 Å². The number of anilines is 1. The largest absolute Gasteiger partial charge is 0.304 e. The number of hydrogen-bond acceptors (Lipinski definition) is 3. The van der Waals surface area contributed by atoms with Gasteiger partial charge in [-0.2, -0.15) is 0 Å². The summed E-state index contributed by atoms with van der Waals surface area (Å²) in [5.74, 6) is 0.454. The van der Waals surface area contributed by atoms with Crippen molar-refractivity contribution in [2.24, 2.45) is 5.92 Å². The maximum Gasteiger partial charge on any atom is 0.227 e. The molecule has 0 aromatic heterocycles. The molecule has 24 heavy (non-hydrogen) atoms. The molecular formula is C19H25NO3S. The van der Waals surface area contributed by atoms with Gasteiger partial charge in [-0.3, -0.25) is 4.79 Å². The molecule has 1 amide bonds. The van der Waals surface area contributed by atoms with Crippen LogP contribution in [0.1, 0.15) is 44.1 Å². The fraction of sp³-hybridized carbons (Fsp3) is 0.526. The monoisotopic (exact) mass is 347 g/mol. The Morgan fingerprint density at radius 1 is 1.12 bits per heavy atom. The van der Waals surface area contributed by atoms with Crippen LogP contribution in [0.2, 0.25) is 0 Å². The van der Waals surface area contributed by atoms with Crippen molar-refractivity contribution in [3.05, 3.63) is 41.3 Å². The molecule has 2 aliphatic rings. The molecule has 0 unspecified atom stereocenters. The van der Waals surface area contributed by atoms with Gasteiger partial charge in [-0.15, -0.1) is 0 Å². The molecule has 5 heteroatoms. The number of carbonyl (C=O) groups is 1. The van der Waals surface area contributed by atoms with Crippen LogP contribution in [-0.2, 0) is 14.6 Å². The highest BCUT2D eigenvalue weighted by molar-refractivity contribution is 7.94. The molecule has 4 nitrogen and oxygen atoms in total. The third-order valence-electron chi connectivity index (χ3n) is 5.01. The third kappa shape index (κ3) is 4.07. The third-order valence-corrected chi connectivity index (χ3v) is 6.39. The van der Waals surface area contributed by atoms with E-state index in [1.807, 2.05) is 31.2 Å². The molecule has 0 saturated heterocycles. The first-order chi connectivity index (χ1) is 11.4. The average Bonchev–Trinajstić information content (AvgIpc) is 2.90. The molecule has 1 saturated carbocycles. The zero-order chi connectivity index (χ0) is 17.2. The number of carbonyl (C=O) groups excluding carboxylic acids is 1. The lowest BCUT2D eigenvalue weighted by Crippen LogP contribution is -2.42. The summed E-state index contributed by atoms with van der Waals surface area (Å²) in [7, 11) is -3.20. The minimum Gasteiger partial charge on any atom is -0.304 e. The molecule has 0 radical (unpaired) electrons. The van der Waals surface area contributed by atoms with Crippen molar-refractivity contribution in [2.75, 3.05) is 10.7 Å². The van der Waals surface area contributed by atoms with E-state index in [1.54, 1.807) is 11.0 Å². The second-order valence-electron chi connectivity index (χ2n) is 7.03. The highest BCUT2D eigenvalue weighted by Crippen LogP contribution is 2.30. The van der Waals surface area contributed by atoms with Crippen LogP contribution < -0.4 is 4.90 Å². The molecule has 0 bridgehead atoms. The fourth-order valence-corrected chi connectivity index (χ4v) is 4.95. The Kier molecular flexibility index (Phi) is 5.09. The van der Waals surface area contributed by atoms with Gasteiger partial charge in [0.2, 0.25) is 5.91 Å². The Balaban J connectivity index is 1.82. The molecule has 3 rings (SSSR count). The number of hydrogen-bond donors (Lipinski definition) is 0. The molecule has 1 atom stereocenters. The summed E-state index contributed by atoms with van der Waals surface area (Å²) in [5.41, 5.74) is 1.90. The van der Waals surface area contributed by atoms with Gasteiger partial charge in [-0.1, -0.05) is 37.0 Å². The minimum absolute atomic E-state index is 0.0166. The summed E-state index contributed by atoms with van der Waals surface area (Å²) in [4.78, 5) is 14.7. The van der Waals surface area contributed by atoms with Crippen LogP contribution in [0.5, 0.6) is 0 Å². The molecular weight excluding hydrogens is 322 g/mol. The summed E-state index contributed by atoms with van der Waals surface area (Å²) in [5, 5.41) is 1.24. The van der Waals surface area contributed by atoms with Crippen molar-refractivity contribution in [1.29, 1.82) is 0 Å². The number of sulfone groups is 1. The number of aryl methyl sites for hydroxylation is 1. The zero-order valence-electron chi connectivity index (χ0n) is 14.1. The fourth-order valence-electron chi connectivity index (χ4n) is 3.68. The van der Waals surface area contributed by atoms with Crippen LogP contribution in [0.25, 0.3) is 0 Å². The first kappa shape index (κ1) is 17.2. The highest BCUT2D eigenvalue weighted by atomic mass is 32.2. The highest BCUT2D eigenvalue weighted by Gasteiger charge is 2.32. The van der Waals surface area contributed by atoms with Crippen molar-refractivity contribution in [3.8, 4) is 0 Å². The number of benzene rings is 1. The molecule has 1 aromatic carbocycles. The second kappa shape index (κ2) is 7.09. The van der Waals surface area contributed by atoms with Crippen molar-refractivity contribution < 1.29 is 13.2 Å². The standard InChI is InChI=1S/C19H25NO3S/c1-15-7-9-17(10-8-15)20(18-11-12-24(22,23)14-18)19(21)13-16-5-3-2-4-6-16/h7-12,16,18H,2-6,13-14H2,1H3/t18-/m1/s1. The lowest BCUT2D eigenvalue weighted by Gasteiger charge is -2.30. The summed E-state index contributed by atoms with van der Waals surface area (Å²) < 4.78 is 23.6. The van der Waals surface area contributed by atoms with E-state index in [-0.39, 0.29) is 11.7 Å². The van der Waals surface area contributed by atoms with E-state index >= 15 is 0 Å². The van der Waals surface area contributed by atoms with Gasteiger partial charge in [0.05, 0.1) is 11.8 Å². The van der Waals surface area contributed by atoms with Crippen molar-refractivity contribution in [2.45, 2.75) is 51.5 Å². The van der Waals surface area contributed by atoms with Gasteiger partial charge in [-0.25, -0.2) is 8.42 Å². The maximum atomic E-state index is 13.0. The van der Waals surface area contributed by atoms with E-state index < -0.39 is 15.9 Å². The second-order valence-corrected chi connectivity index (χ2v) is 8.96. The van der Waals surface area contributed by atoms with Crippen LogP contribution in [0.4, 0.5) is 5.69 Å². The topological polar surface area (TPSA) is 54.5 Å². The van der Waals surface area contributed by atoms with E-state index in [0.717, 1.165) is 24.1 Å². The Morgan fingerprint density at radius 3 is 2.38 bits per heavy atom. The van der Waals surface area contributed by atoms with Gasteiger partial charge >= 0.3 is 0 Å². The predicted octanol–water partition coefficient (Wildman–Crippen LogP) is 3.61. The van der Waals surface area contributed by atoms with Gasteiger partial charge in [0, 0.05) is 17.5 Å². The van der Waals surface area contributed by atoms with Crippen LogP contribution >= 0.6 is 0 Å². The summed E-state index contributed by atoms with van der Waals surface area (Å²) in [6.07, 6.45) is 8.02. The van der Waals surface area contributed by atoms with Gasteiger partial charge < -0.3 is 4.90 Å². The average molecular weight is 347 g/mol. The van der Waals surface area contributed by atoms with E-state index in [4.69, 9.17) is 0 Å². The Bertz CT molecular complexity index is 715. The Hall–Kier alpha value is -1.62. The van der Waals surface area contributed by atoms with Crippen LogP contribution in [0.15, 0.2) is 35.7 Å². The molecule has 1 aromatic rings. The number of rotatable bonds is 4. The Morgan fingerprint density at radius 2 is 1.79 bits per heavy atom. The molecule has 0 spiro atoms. The first-order valence-electron chi connectivity index (χ1n) is 8.74. The molecule has 1 heterocycles. The lowest BCUT2D eigenvalue weighted by atomic mass is 9.86. The smallest absolute Gasteiger partial charge is 0.227 e. The van der Waals surface area contributed by atoms with Gasteiger partial charge in [-0.05, 0) is 43.9 Å². The van der Waals surface area contributed by atoms with Crippen molar-refractivity contribution in [3.63, 3.8) is 0 Å². The number of nitrogens with zero attached hydrogens (tertiary/aromatic N) is 1. The summed E-state index contributed by atoms with van der Waals surface area (Å²) in [6, 6.07) is 7.35. The van der Waals surface area contributed by atoms with Crippen LogP contribution in [0.3, 0.4) is 0 Å². The van der Waals surface area contributed by atoms with Gasteiger partial charge in [0.1, 0.15) is 0 Å². The van der Waals surface area contributed by atoms with E-state index in [2.05, 4.69) is 0 Å². The van der Waals surface area contributed by atoms with Crippen LogP contribution in [-0.4, -0.2) is 26.1 Å². The first-order valence-corrected chi connectivity index (χ1v) is 10.5. The molecule has 0 N–H and O–H groups in total. The van der Waals surface area contributed by atoms with E-state index in [0.29, 0.717) is 12.3 Å². The molecule has 130 valence electrons. The van der Waals surface area contributed by atoms with Crippen LogP contribution in [0, 0.1) is 12.8 Å². The minimum atomic E-state index is -3.20. The van der Waals surface area contributed by atoms with E-state index in [9.17, 15) is 13.2 Å². The normalized spacial score (nSPS) is 23.3. The summed E-state index contributed by atoms with van der Waals surface area (Å²) >= 11 is 0. The predicted molar refractivity (Wildman–Crippen MR) is 96.6 cm³/mol. The number of amides is 1. The molecule has 1 fully saturated rings. The Labute approximate surface area is 144 Å². The molecule has 1 aliphatic carbocycles. The quantitative estimate of drug-likeness (QED) is 0.836. The SMILES string of the molecule is Cc1ccc(N(C(=O)CC2CCCCC2)[C@@H]2C=CS(=O)(=O)C2)cc1. The van der Waals surface area contributed by atoms with Crippen molar-refractivity contribution >= 4 is 21.4 Å². The van der Waals surface area contributed by atoms with Crippen molar-refractivity contribution in [1.82, 2.24) is 0 Å².